The highest BCUT2D eigenvalue weighted by atomic mass is 32.2. The molecule has 0 spiro atoms. The van der Waals surface area contributed by atoms with Crippen LogP contribution >= 0.6 is 11.8 Å². The molecule has 0 unspecified atom stereocenters. The van der Waals surface area contributed by atoms with Crippen molar-refractivity contribution in [1.29, 1.82) is 0 Å². The standard InChI is InChI=1S/C14H19NO2S/c1-14(2,3)18-12-8-6-5-7-11(12)9-10-13(16)15(4)17/h5-10,17H,1-4H3/b10-9+. The molecule has 0 aliphatic heterocycles. The Labute approximate surface area is 112 Å². The molecular weight excluding hydrogens is 246 g/mol. The van der Waals surface area contributed by atoms with Crippen LogP contribution in [0.25, 0.3) is 6.08 Å². The van der Waals surface area contributed by atoms with Crippen molar-refractivity contribution >= 4 is 23.7 Å². The molecule has 1 aromatic carbocycles. The monoisotopic (exact) mass is 265 g/mol. The Kier molecular flexibility index (Phi) is 4.99. The summed E-state index contributed by atoms with van der Waals surface area (Å²) in [5.74, 6) is -0.439. The van der Waals surface area contributed by atoms with Crippen LogP contribution in [0.3, 0.4) is 0 Å². The first-order valence-electron chi connectivity index (χ1n) is 5.72. The summed E-state index contributed by atoms with van der Waals surface area (Å²) < 4.78 is 0.113. The lowest BCUT2D eigenvalue weighted by atomic mass is 10.2. The Bertz CT molecular complexity index is 447. The van der Waals surface area contributed by atoms with E-state index in [0.29, 0.717) is 5.06 Å². The highest BCUT2D eigenvalue weighted by molar-refractivity contribution is 8.00. The minimum Gasteiger partial charge on any atom is -0.286 e. The largest absolute Gasteiger partial charge is 0.286 e. The first-order valence-corrected chi connectivity index (χ1v) is 6.54. The van der Waals surface area contributed by atoms with Gasteiger partial charge in [0.25, 0.3) is 5.91 Å². The molecule has 1 amide bonds. The molecule has 18 heavy (non-hydrogen) atoms. The van der Waals surface area contributed by atoms with Crippen LogP contribution in [0.4, 0.5) is 0 Å². The first-order chi connectivity index (χ1) is 8.29. The van der Waals surface area contributed by atoms with Crippen LogP contribution in [0.2, 0.25) is 0 Å². The number of hydrogen-bond donors (Lipinski definition) is 1. The molecule has 0 radical (unpaired) electrons. The van der Waals surface area contributed by atoms with Gasteiger partial charge in [-0.2, -0.15) is 0 Å². The van der Waals surface area contributed by atoms with E-state index < -0.39 is 5.91 Å². The van der Waals surface area contributed by atoms with Crippen molar-refractivity contribution in [3.8, 4) is 0 Å². The van der Waals surface area contributed by atoms with E-state index >= 15 is 0 Å². The van der Waals surface area contributed by atoms with Crippen molar-refractivity contribution in [2.24, 2.45) is 0 Å². The molecule has 0 heterocycles. The van der Waals surface area contributed by atoms with Crippen molar-refractivity contribution in [2.45, 2.75) is 30.4 Å². The summed E-state index contributed by atoms with van der Waals surface area (Å²) in [6.07, 6.45) is 3.09. The summed E-state index contributed by atoms with van der Waals surface area (Å²) in [5.41, 5.74) is 0.979. The molecule has 1 N–H and O–H groups in total. The number of hydroxylamine groups is 2. The van der Waals surface area contributed by atoms with Crippen molar-refractivity contribution in [3.05, 3.63) is 35.9 Å². The molecule has 0 aliphatic rings. The van der Waals surface area contributed by atoms with Gasteiger partial charge in [-0.25, -0.2) is 5.06 Å². The van der Waals surface area contributed by atoms with E-state index in [1.807, 2.05) is 24.3 Å². The zero-order valence-electron chi connectivity index (χ0n) is 11.2. The number of rotatable bonds is 3. The van der Waals surface area contributed by atoms with Crippen LogP contribution in [0, 0.1) is 0 Å². The average molecular weight is 265 g/mol. The molecule has 0 aliphatic carbocycles. The van der Waals surface area contributed by atoms with Crippen LogP contribution in [0.1, 0.15) is 26.3 Å². The molecule has 0 atom stereocenters. The van der Waals surface area contributed by atoms with Gasteiger partial charge in [-0.15, -0.1) is 11.8 Å². The summed E-state index contributed by atoms with van der Waals surface area (Å²) in [4.78, 5) is 12.4. The number of amides is 1. The smallest absolute Gasteiger partial charge is 0.269 e. The van der Waals surface area contributed by atoms with E-state index in [1.165, 1.54) is 13.1 Å². The van der Waals surface area contributed by atoms with Gasteiger partial charge >= 0.3 is 0 Å². The lowest BCUT2D eigenvalue weighted by Gasteiger charge is -2.18. The lowest BCUT2D eigenvalue weighted by Crippen LogP contribution is -2.19. The van der Waals surface area contributed by atoms with Crippen molar-refractivity contribution in [1.82, 2.24) is 5.06 Å². The van der Waals surface area contributed by atoms with Gasteiger partial charge in [0.2, 0.25) is 0 Å². The predicted molar refractivity (Wildman–Crippen MR) is 75.6 cm³/mol. The van der Waals surface area contributed by atoms with Gasteiger partial charge in [0.1, 0.15) is 0 Å². The third-order valence-corrected chi connectivity index (χ3v) is 3.26. The Hall–Kier alpha value is -1.26. The molecule has 0 aromatic heterocycles. The molecule has 0 saturated heterocycles. The quantitative estimate of drug-likeness (QED) is 0.394. The van der Waals surface area contributed by atoms with Crippen molar-refractivity contribution < 1.29 is 10.0 Å². The maximum absolute atomic E-state index is 11.3. The van der Waals surface area contributed by atoms with Gasteiger partial charge in [-0.1, -0.05) is 39.0 Å². The van der Waals surface area contributed by atoms with Gasteiger partial charge in [0, 0.05) is 22.8 Å². The number of hydrogen-bond acceptors (Lipinski definition) is 3. The van der Waals surface area contributed by atoms with Crippen molar-refractivity contribution in [3.63, 3.8) is 0 Å². The van der Waals surface area contributed by atoms with Gasteiger partial charge in [0.15, 0.2) is 0 Å². The van der Waals surface area contributed by atoms with Crippen LogP contribution < -0.4 is 0 Å². The molecule has 0 fully saturated rings. The number of benzene rings is 1. The summed E-state index contributed by atoms with van der Waals surface area (Å²) in [6.45, 7) is 6.43. The number of carbonyl (C=O) groups excluding carboxylic acids is 1. The Morgan fingerprint density at radius 1 is 1.33 bits per heavy atom. The van der Waals surface area contributed by atoms with Gasteiger partial charge < -0.3 is 0 Å². The summed E-state index contributed by atoms with van der Waals surface area (Å²) >= 11 is 1.75. The Balaban J connectivity index is 2.93. The predicted octanol–water partition coefficient (Wildman–Crippen LogP) is 3.44. The van der Waals surface area contributed by atoms with Gasteiger partial charge in [-0.3, -0.25) is 10.0 Å². The van der Waals surface area contributed by atoms with Crippen LogP contribution in [-0.2, 0) is 4.79 Å². The summed E-state index contributed by atoms with van der Waals surface area (Å²) in [5, 5.41) is 9.55. The fourth-order valence-electron chi connectivity index (χ4n) is 1.31. The number of nitrogens with zero attached hydrogens (tertiary/aromatic N) is 1. The first kappa shape index (κ1) is 14.8. The minimum absolute atomic E-state index is 0.113. The highest BCUT2D eigenvalue weighted by Gasteiger charge is 2.13. The highest BCUT2D eigenvalue weighted by Crippen LogP contribution is 2.34. The molecule has 4 heteroatoms. The topological polar surface area (TPSA) is 40.5 Å². The van der Waals surface area contributed by atoms with Gasteiger partial charge in [0.05, 0.1) is 0 Å². The average Bonchev–Trinajstić information content (AvgIpc) is 2.25. The molecular formula is C14H19NO2S. The number of thioether (sulfide) groups is 1. The Morgan fingerprint density at radius 3 is 2.50 bits per heavy atom. The second-order valence-corrected chi connectivity index (χ2v) is 6.82. The second-order valence-electron chi connectivity index (χ2n) is 4.95. The molecule has 0 saturated carbocycles. The fourth-order valence-corrected chi connectivity index (χ4v) is 2.37. The van der Waals surface area contributed by atoms with E-state index in [9.17, 15) is 4.79 Å². The maximum Gasteiger partial charge on any atom is 0.269 e. The third-order valence-electron chi connectivity index (χ3n) is 2.06. The second kappa shape index (κ2) is 6.07. The van der Waals surface area contributed by atoms with Crippen LogP contribution in [-0.4, -0.2) is 28.0 Å². The van der Waals surface area contributed by atoms with E-state index in [2.05, 4.69) is 20.8 Å². The molecule has 1 rings (SSSR count). The van der Waals surface area contributed by atoms with E-state index in [0.717, 1.165) is 10.5 Å². The SMILES string of the molecule is CN(O)C(=O)/C=C/c1ccccc1SC(C)(C)C. The maximum atomic E-state index is 11.3. The third kappa shape index (κ3) is 4.94. The molecule has 1 aromatic rings. The molecule has 0 bridgehead atoms. The summed E-state index contributed by atoms with van der Waals surface area (Å²) in [7, 11) is 1.31. The minimum atomic E-state index is -0.439. The van der Waals surface area contributed by atoms with Crippen molar-refractivity contribution in [2.75, 3.05) is 7.05 Å². The van der Waals surface area contributed by atoms with Crippen LogP contribution in [0.15, 0.2) is 35.2 Å². The zero-order chi connectivity index (χ0) is 13.8. The number of carbonyl (C=O) groups is 1. The molecule has 98 valence electrons. The Morgan fingerprint density at radius 2 is 1.94 bits per heavy atom. The zero-order valence-corrected chi connectivity index (χ0v) is 12.0. The van der Waals surface area contributed by atoms with E-state index in [-0.39, 0.29) is 4.75 Å². The van der Waals surface area contributed by atoms with Gasteiger partial charge in [-0.05, 0) is 17.7 Å². The molecule has 3 nitrogen and oxygen atoms in total. The number of likely N-dealkylation sites (N-methyl/N-ethyl adjacent to an activating group) is 1. The van der Waals surface area contributed by atoms with Crippen LogP contribution in [0.5, 0.6) is 0 Å². The normalized spacial score (nSPS) is 11.8. The lowest BCUT2D eigenvalue weighted by molar-refractivity contribution is -0.153. The van der Waals surface area contributed by atoms with E-state index in [1.54, 1.807) is 17.8 Å². The van der Waals surface area contributed by atoms with E-state index in [4.69, 9.17) is 5.21 Å². The summed E-state index contributed by atoms with van der Waals surface area (Å²) in [6, 6.07) is 7.89. The fraction of sp³-hybridized carbons (Fsp3) is 0.357.